The van der Waals surface area contributed by atoms with Gasteiger partial charge in [0.15, 0.2) is 5.13 Å². The third-order valence-corrected chi connectivity index (χ3v) is 5.69. The Morgan fingerprint density at radius 1 is 1.17 bits per heavy atom. The highest BCUT2D eigenvalue weighted by Gasteiger charge is 2.20. The third kappa shape index (κ3) is 4.49. The van der Waals surface area contributed by atoms with Crippen LogP contribution in [-0.2, 0) is 4.79 Å². The second-order valence-electron chi connectivity index (χ2n) is 6.72. The largest absolute Gasteiger partial charge is 0.369 e. The van der Waals surface area contributed by atoms with Crippen molar-refractivity contribution in [2.45, 2.75) is 0 Å². The minimum absolute atomic E-state index is 0.00180. The third-order valence-electron chi connectivity index (χ3n) is 4.76. The van der Waals surface area contributed by atoms with Gasteiger partial charge < -0.3 is 10.2 Å². The van der Waals surface area contributed by atoms with E-state index in [0.29, 0.717) is 15.3 Å². The number of amides is 1. The monoisotopic (exact) mass is 415 g/mol. The molecule has 1 N–H and O–H groups in total. The first-order valence-corrected chi connectivity index (χ1v) is 9.87. The summed E-state index contributed by atoms with van der Waals surface area (Å²) in [7, 11) is 0. The minimum atomic E-state index is -0.455. The molecule has 0 spiro atoms. The topological polar surface area (TPSA) is 91.6 Å². The molecule has 1 saturated heterocycles. The van der Waals surface area contributed by atoms with Crippen LogP contribution in [0.25, 0.3) is 10.2 Å². The summed E-state index contributed by atoms with van der Waals surface area (Å²) in [4.78, 5) is 31.3. The smallest absolute Gasteiger partial charge is 0.270 e. The molecule has 2 heterocycles. The van der Waals surface area contributed by atoms with Crippen LogP contribution in [0.2, 0.25) is 0 Å². The lowest BCUT2D eigenvalue weighted by atomic mass is 10.2. The van der Waals surface area contributed by atoms with Crippen LogP contribution in [0, 0.1) is 15.9 Å². The van der Waals surface area contributed by atoms with E-state index in [0.717, 1.165) is 31.9 Å². The summed E-state index contributed by atoms with van der Waals surface area (Å²) in [6.45, 7) is 3.19. The molecule has 0 saturated carbocycles. The lowest BCUT2D eigenvalue weighted by Gasteiger charge is -2.35. The molecule has 1 amide bonds. The number of aromatic nitrogens is 1. The fraction of sp³-hybridized carbons (Fsp3) is 0.263. The van der Waals surface area contributed by atoms with E-state index in [4.69, 9.17) is 0 Å². The molecule has 8 nitrogen and oxygen atoms in total. The van der Waals surface area contributed by atoms with Crippen molar-refractivity contribution >= 4 is 44.0 Å². The van der Waals surface area contributed by atoms with E-state index in [1.165, 1.54) is 35.6 Å². The fourth-order valence-electron chi connectivity index (χ4n) is 3.26. The van der Waals surface area contributed by atoms with Crippen molar-refractivity contribution in [1.29, 1.82) is 0 Å². The molecule has 4 rings (SSSR count). The first-order chi connectivity index (χ1) is 14.0. The van der Waals surface area contributed by atoms with Gasteiger partial charge in [-0.25, -0.2) is 9.37 Å². The normalized spacial score (nSPS) is 14.9. The maximum absolute atomic E-state index is 13.1. The average molecular weight is 415 g/mol. The van der Waals surface area contributed by atoms with Gasteiger partial charge >= 0.3 is 0 Å². The van der Waals surface area contributed by atoms with E-state index >= 15 is 0 Å². The first-order valence-electron chi connectivity index (χ1n) is 9.06. The Balaban J connectivity index is 1.31. The zero-order valence-electron chi connectivity index (χ0n) is 15.4. The Hall–Kier alpha value is -3.11. The maximum atomic E-state index is 13.1. The Labute approximate surface area is 169 Å². The van der Waals surface area contributed by atoms with E-state index in [1.807, 2.05) is 4.90 Å². The Morgan fingerprint density at radius 3 is 2.59 bits per heavy atom. The molecule has 0 atom stereocenters. The minimum Gasteiger partial charge on any atom is -0.369 e. The molecule has 29 heavy (non-hydrogen) atoms. The summed E-state index contributed by atoms with van der Waals surface area (Å²) < 4.78 is 13.7. The Kier molecular flexibility index (Phi) is 5.36. The van der Waals surface area contributed by atoms with Crippen molar-refractivity contribution in [3.63, 3.8) is 0 Å². The second kappa shape index (κ2) is 8.10. The molecule has 2 aromatic carbocycles. The zero-order chi connectivity index (χ0) is 20.4. The van der Waals surface area contributed by atoms with Crippen LogP contribution in [0.4, 0.5) is 20.9 Å². The van der Waals surface area contributed by atoms with Gasteiger partial charge in [0.2, 0.25) is 5.91 Å². The predicted molar refractivity (Wildman–Crippen MR) is 110 cm³/mol. The van der Waals surface area contributed by atoms with Gasteiger partial charge in [-0.15, -0.1) is 0 Å². The lowest BCUT2D eigenvalue weighted by Crippen LogP contribution is -2.48. The molecule has 1 fully saturated rings. The van der Waals surface area contributed by atoms with Gasteiger partial charge in [0, 0.05) is 44.0 Å². The van der Waals surface area contributed by atoms with Crippen LogP contribution in [0.3, 0.4) is 0 Å². The summed E-state index contributed by atoms with van der Waals surface area (Å²) in [6, 6.07) is 10.8. The van der Waals surface area contributed by atoms with Crippen LogP contribution in [0.1, 0.15) is 0 Å². The number of nitrogens with one attached hydrogen (secondary N) is 1. The van der Waals surface area contributed by atoms with Gasteiger partial charge in [0.05, 0.1) is 21.7 Å². The summed E-state index contributed by atoms with van der Waals surface area (Å²) in [5.74, 6) is -0.428. The van der Waals surface area contributed by atoms with E-state index in [1.54, 1.807) is 18.2 Å². The molecule has 0 bridgehead atoms. The lowest BCUT2D eigenvalue weighted by molar-refractivity contribution is -0.384. The molecule has 3 aromatic rings. The molecule has 0 aliphatic carbocycles. The van der Waals surface area contributed by atoms with Gasteiger partial charge in [0.25, 0.3) is 5.69 Å². The summed E-state index contributed by atoms with van der Waals surface area (Å²) in [5.41, 5.74) is 1.58. The van der Waals surface area contributed by atoms with Crippen molar-refractivity contribution in [2.24, 2.45) is 0 Å². The number of nitro groups is 1. The van der Waals surface area contributed by atoms with Gasteiger partial charge in [-0.05, 0) is 30.3 Å². The number of nitrogens with zero attached hydrogens (tertiary/aromatic N) is 4. The standard InChI is InChI=1S/C19H18FN5O3S/c20-13-1-3-14(4-2-13)24-9-7-23(8-10-24)12-18(26)22-19-21-16-6-5-15(25(27)28)11-17(16)29-19/h1-6,11H,7-10,12H2,(H,21,22,26). The van der Waals surface area contributed by atoms with Gasteiger partial charge in [-0.3, -0.25) is 19.8 Å². The van der Waals surface area contributed by atoms with Crippen molar-refractivity contribution in [2.75, 3.05) is 42.9 Å². The van der Waals surface area contributed by atoms with E-state index < -0.39 is 4.92 Å². The number of benzene rings is 2. The van der Waals surface area contributed by atoms with Crippen LogP contribution in [0.5, 0.6) is 0 Å². The molecular formula is C19H18FN5O3S. The first kappa shape index (κ1) is 19.2. The van der Waals surface area contributed by atoms with Crippen molar-refractivity contribution in [1.82, 2.24) is 9.88 Å². The highest BCUT2D eigenvalue weighted by atomic mass is 32.1. The summed E-state index contributed by atoms with van der Waals surface area (Å²) >= 11 is 1.21. The molecule has 150 valence electrons. The van der Waals surface area contributed by atoms with Gasteiger partial charge in [0.1, 0.15) is 5.82 Å². The molecule has 10 heteroatoms. The predicted octanol–water partition coefficient (Wildman–Crippen LogP) is 3.10. The quantitative estimate of drug-likeness (QED) is 0.509. The Morgan fingerprint density at radius 2 is 1.90 bits per heavy atom. The molecular weight excluding hydrogens is 397 g/mol. The van der Waals surface area contributed by atoms with Crippen LogP contribution < -0.4 is 10.2 Å². The summed E-state index contributed by atoms with van der Waals surface area (Å²) in [6.07, 6.45) is 0. The van der Waals surface area contributed by atoms with Crippen molar-refractivity contribution in [3.05, 3.63) is 58.4 Å². The number of hydrogen-bond acceptors (Lipinski definition) is 7. The number of carbonyl (C=O) groups is 1. The van der Waals surface area contributed by atoms with Gasteiger partial charge in [-0.2, -0.15) is 0 Å². The van der Waals surface area contributed by atoms with Crippen LogP contribution >= 0.6 is 11.3 Å². The highest BCUT2D eigenvalue weighted by molar-refractivity contribution is 7.22. The van der Waals surface area contributed by atoms with Crippen molar-refractivity contribution in [3.8, 4) is 0 Å². The van der Waals surface area contributed by atoms with Crippen molar-refractivity contribution < 1.29 is 14.1 Å². The number of fused-ring (bicyclic) bond motifs is 1. The number of non-ortho nitro benzene ring substituents is 1. The Bertz CT molecular complexity index is 1050. The fourth-order valence-corrected chi connectivity index (χ4v) is 4.17. The molecule has 1 aliphatic heterocycles. The molecule has 1 aromatic heterocycles. The molecule has 0 radical (unpaired) electrons. The number of carbonyl (C=O) groups excluding carboxylic acids is 1. The molecule has 1 aliphatic rings. The highest BCUT2D eigenvalue weighted by Crippen LogP contribution is 2.29. The number of hydrogen-bond donors (Lipinski definition) is 1. The second-order valence-corrected chi connectivity index (χ2v) is 7.75. The van der Waals surface area contributed by atoms with Gasteiger partial charge in [-0.1, -0.05) is 11.3 Å². The molecule has 0 unspecified atom stereocenters. The van der Waals surface area contributed by atoms with Crippen LogP contribution in [0.15, 0.2) is 42.5 Å². The number of rotatable bonds is 5. The maximum Gasteiger partial charge on any atom is 0.270 e. The number of halogens is 1. The van der Waals surface area contributed by atoms with E-state index in [-0.39, 0.29) is 24.0 Å². The number of nitro benzene ring substituents is 1. The summed E-state index contributed by atoms with van der Waals surface area (Å²) in [5, 5.41) is 14.1. The number of anilines is 2. The van der Waals surface area contributed by atoms with Crippen LogP contribution in [-0.4, -0.2) is 53.4 Å². The average Bonchev–Trinajstić information content (AvgIpc) is 3.10. The van der Waals surface area contributed by atoms with E-state index in [2.05, 4.69) is 15.2 Å². The van der Waals surface area contributed by atoms with E-state index in [9.17, 15) is 19.3 Å². The SMILES string of the molecule is O=C(CN1CCN(c2ccc(F)cc2)CC1)Nc1nc2ccc([N+](=O)[O-])cc2s1. The number of piperazine rings is 1. The zero-order valence-corrected chi connectivity index (χ0v) is 16.2. The number of thiazole rings is 1.